The quantitative estimate of drug-likeness (QED) is 0.526. The van der Waals surface area contributed by atoms with Crippen molar-refractivity contribution in [3.05, 3.63) is 58.7 Å². The van der Waals surface area contributed by atoms with Crippen molar-refractivity contribution in [3.8, 4) is 5.75 Å². The number of ether oxygens (including phenoxy) is 2. The zero-order valence-electron chi connectivity index (χ0n) is 17.6. The zero-order valence-corrected chi connectivity index (χ0v) is 17.6. The van der Waals surface area contributed by atoms with E-state index < -0.39 is 18.0 Å². The van der Waals surface area contributed by atoms with Crippen LogP contribution in [-0.4, -0.2) is 30.9 Å². The number of Topliss-reactive ketones (excluding diaryl/α,β-unsaturated/α-hetero) is 1. The number of aryl methyl sites for hydroxylation is 3. The van der Waals surface area contributed by atoms with Gasteiger partial charge in [-0.05, 0) is 68.0 Å². The number of nitrogens with one attached hydrogen (secondary N) is 1. The summed E-state index contributed by atoms with van der Waals surface area (Å²) in [5.74, 6) is -0.615. The molecule has 1 amide bonds. The van der Waals surface area contributed by atoms with E-state index in [4.69, 9.17) is 9.47 Å². The van der Waals surface area contributed by atoms with Crippen LogP contribution in [0.1, 0.15) is 53.2 Å². The Labute approximate surface area is 176 Å². The maximum absolute atomic E-state index is 12.4. The first-order valence-electron chi connectivity index (χ1n) is 10.2. The van der Waals surface area contributed by atoms with E-state index in [-0.39, 0.29) is 18.6 Å². The fourth-order valence-corrected chi connectivity index (χ4v) is 3.57. The molecule has 0 aliphatic heterocycles. The highest BCUT2D eigenvalue weighted by molar-refractivity contribution is 5.99. The molecule has 0 bridgehead atoms. The number of rotatable bonds is 8. The number of carbonyl (C=O) groups excluding carboxylic acids is 3. The first-order valence-corrected chi connectivity index (χ1v) is 10.2. The van der Waals surface area contributed by atoms with E-state index in [2.05, 4.69) is 5.32 Å². The van der Waals surface area contributed by atoms with E-state index in [1.165, 1.54) is 25.2 Å². The number of anilines is 1. The zero-order chi connectivity index (χ0) is 21.7. The summed E-state index contributed by atoms with van der Waals surface area (Å²) in [6.45, 7) is 3.40. The summed E-state index contributed by atoms with van der Waals surface area (Å²) in [6.07, 6.45) is 2.17. The van der Waals surface area contributed by atoms with Gasteiger partial charge in [0, 0.05) is 12.0 Å². The molecule has 0 radical (unpaired) electrons. The summed E-state index contributed by atoms with van der Waals surface area (Å²) < 4.78 is 10.4. The molecule has 2 aromatic rings. The van der Waals surface area contributed by atoms with Crippen LogP contribution in [0.15, 0.2) is 36.4 Å². The Hall–Kier alpha value is -3.15. The molecule has 2 aromatic carbocycles. The lowest BCUT2D eigenvalue weighted by atomic mass is 10.0. The van der Waals surface area contributed by atoms with Gasteiger partial charge in [-0.25, -0.2) is 0 Å². The SMILES string of the molecule is COc1ccc(C)cc1NC(=O)[C@H](C)OC(=O)CCC(=O)c1ccc2c(c1)CCC2. The number of ketones is 1. The Bertz CT molecular complexity index is 966. The summed E-state index contributed by atoms with van der Waals surface area (Å²) in [5.41, 5.74) is 4.62. The lowest BCUT2D eigenvalue weighted by molar-refractivity contribution is -0.153. The number of carbonyl (C=O) groups is 3. The van der Waals surface area contributed by atoms with Crippen LogP contribution in [-0.2, 0) is 27.2 Å². The molecule has 158 valence electrons. The van der Waals surface area contributed by atoms with Crippen molar-refractivity contribution in [2.45, 2.75) is 52.1 Å². The molecule has 1 aliphatic rings. The van der Waals surface area contributed by atoms with Crippen molar-refractivity contribution in [2.24, 2.45) is 0 Å². The smallest absolute Gasteiger partial charge is 0.307 e. The predicted molar refractivity (Wildman–Crippen MR) is 114 cm³/mol. The summed E-state index contributed by atoms with van der Waals surface area (Å²) in [6, 6.07) is 11.2. The van der Waals surface area contributed by atoms with Crippen molar-refractivity contribution in [1.29, 1.82) is 0 Å². The Kier molecular flexibility index (Phi) is 6.87. The molecule has 0 saturated heterocycles. The van der Waals surface area contributed by atoms with Crippen molar-refractivity contribution in [3.63, 3.8) is 0 Å². The fraction of sp³-hybridized carbons (Fsp3) is 0.375. The van der Waals surface area contributed by atoms with Crippen LogP contribution in [0.3, 0.4) is 0 Å². The minimum absolute atomic E-state index is 0.0532. The van der Waals surface area contributed by atoms with Gasteiger partial charge >= 0.3 is 5.97 Å². The van der Waals surface area contributed by atoms with Crippen molar-refractivity contribution in [2.75, 3.05) is 12.4 Å². The minimum atomic E-state index is -0.988. The topological polar surface area (TPSA) is 81.7 Å². The van der Waals surface area contributed by atoms with Crippen LogP contribution in [0.2, 0.25) is 0 Å². The number of benzene rings is 2. The van der Waals surface area contributed by atoms with Gasteiger partial charge in [-0.2, -0.15) is 0 Å². The number of amides is 1. The van der Waals surface area contributed by atoms with Crippen LogP contribution >= 0.6 is 0 Å². The third kappa shape index (κ3) is 5.26. The highest BCUT2D eigenvalue weighted by Gasteiger charge is 2.20. The molecular weight excluding hydrogens is 382 g/mol. The monoisotopic (exact) mass is 409 g/mol. The maximum Gasteiger partial charge on any atom is 0.307 e. The summed E-state index contributed by atoms with van der Waals surface area (Å²) in [7, 11) is 1.52. The van der Waals surface area contributed by atoms with Gasteiger partial charge in [0.2, 0.25) is 0 Å². The number of methoxy groups -OCH3 is 1. The molecule has 6 heteroatoms. The molecule has 0 aromatic heterocycles. The van der Waals surface area contributed by atoms with Crippen molar-refractivity contribution < 1.29 is 23.9 Å². The molecule has 1 N–H and O–H groups in total. The van der Waals surface area contributed by atoms with Gasteiger partial charge in [-0.15, -0.1) is 0 Å². The Balaban J connectivity index is 1.50. The molecule has 0 spiro atoms. The number of fused-ring (bicyclic) bond motifs is 1. The van der Waals surface area contributed by atoms with E-state index in [9.17, 15) is 14.4 Å². The van der Waals surface area contributed by atoms with Gasteiger partial charge in [0.15, 0.2) is 11.9 Å². The standard InChI is InChI=1S/C24H27NO5/c1-15-7-11-22(29-3)20(13-15)25-24(28)16(2)30-23(27)12-10-21(26)19-9-8-17-5-4-6-18(17)14-19/h7-9,11,13-14,16H,4-6,10,12H2,1-3H3,(H,25,28)/t16-/m0/s1. The number of hydrogen-bond acceptors (Lipinski definition) is 5. The fourth-order valence-electron chi connectivity index (χ4n) is 3.57. The number of hydrogen-bond donors (Lipinski definition) is 1. The van der Waals surface area contributed by atoms with E-state index in [1.54, 1.807) is 12.1 Å². The molecular formula is C24H27NO5. The summed E-state index contributed by atoms with van der Waals surface area (Å²) >= 11 is 0. The van der Waals surface area contributed by atoms with Gasteiger partial charge < -0.3 is 14.8 Å². The van der Waals surface area contributed by atoms with E-state index in [1.807, 2.05) is 31.2 Å². The molecule has 6 nitrogen and oxygen atoms in total. The van der Waals surface area contributed by atoms with Crippen molar-refractivity contribution in [1.82, 2.24) is 0 Å². The second-order valence-electron chi connectivity index (χ2n) is 7.59. The minimum Gasteiger partial charge on any atom is -0.495 e. The molecule has 3 rings (SSSR count). The van der Waals surface area contributed by atoms with Crippen LogP contribution in [0, 0.1) is 6.92 Å². The molecule has 0 saturated carbocycles. The highest BCUT2D eigenvalue weighted by atomic mass is 16.5. The van der Waals surface area contributed by atoms with Gasteiger partial charge in [-0.1, -0.05) is 18.2 Å². The molecule has 1 aliphatic carbocycles. The molecule has 0 heterocycles. The van der Waals surface area contributed by atoms with E-state index in [0.717, 1.165) is 24.8 Å². The summed E-state index contributed by atoms with van der Waals surface area (Å²) in [5, 5.41) is 2.71. The normalized spacial score (nSPS) is 13.3. The molecule has 0 unspecified atom stereocenters. The van der Waals surface area contributed by atoms with Gasteiger partial charge in [0.1, 0.15) is 5.75 Å². The lowest BCUT2D eigenvalue weighted by Crippen LogP contribution is -2.30. The molecule has 1 atom stereocenters. The highest BCUT2D eigenvalue weighted by Crippen LogP contribution is 2.26. The largest absolute Gasteiger partial charge is 0.495 e. The van der Waals surface area contributed by atoms with Gasteiger partial charge in [0.25, 0.3) is 5.91 Å². The molecule has 0 fully saturated rings. The molecule has 30 heavy (non-hydrogen) atoms. The first-order chi connectivity index (χ1) is 14.4. The van der Waals surface area contributed by atoms with Gasteiger partial charge in [0.05, 0.1) is 19.2 Å². The van der Waals surface area contributed by atoms with E-state index >= 15 is 0 Å². The third-order valence-electron chi connectivity index (χ3n) is 5.27. The maximum atomic E-state index is 12.4. The predicted octanol–water partition coefficient (Wildman–Crippen LogP) is 4.03. The van der Waals surface area contributed by atoms with Crippen LogP contribution in [0.5, 0.6) is 5.75 Å². The average Bonchev–Trinajstić information content (AvgIpc) is 3.20. The third-order valence-corrected chi connectivity index (χ3v) is 5.27. The van der Waals surface area contributed by atoms with Crippen LogP contribution < -0.4 is 10.1 Å². The van der Waals surface area contributed by atoms with Crippen LogP contribution in [0.25, 0.3) is 0 Å². The first kappa shape index (κ1) is 21.6. The Morgan fingerprint density at radius 3 is 2.57 bits per heavy atom. The Morgan fingerprint density at radius 2 is 1.80 bits per heavy atom. The average molecular weight is 409 g/mol. The number of esters is 1. The van der Waals surface area contributed by atoms with E-state index in [0.29, 0.717) is 17.0 Å². The van der Waals surface area contributed by atoms with Crippen LogP contribution in [0.4, 0.5) is 5.69 Å². The second kappa shape index (κ2) is 9.57. The second-order valence-corrected chi connectivity index (χ2v) is 7.59. The summed E-state index contributed by atoms with van der Waals surface area (Å²) in [4.78, 5) is 36.9. The lowest BCUT2D eigenvalue weighted by Gasteiger charge is -2.15. The van der Waals surface area contributed by atoms with Crippen molar-refractivity contribution >= 4 is 23.3 Å². The Morgan fingerprint density at radius 1 is 1.03 bits per heavy atom. The van der Waals surface area contributed by atoms with Gasteiger partial charge in [-0.3, -0.25) is 14.4 Å².